The number of rotatable bonds is 6. The summed E-state index contributed by atoms with van der Waals surface area (Å²) in [4.78, 5) is 0. The number of aromatic nitrogens is 4. The monoisotopic (exact) mass is 463 g/mol. The minimum Gasteiger partial charge on any atom is -0.495 e. The van der Waals surface area contributed by atoms with Crippen molar-refractivity contribution < 1.29 is 4.74 Å². The molecule has 0 amide bonds. The van der Waals surface area contributed by atoms with Gasteiger partial charge in [0.2, 0.25) is 0 Å². The van der Waals surface area contributed by atoms with Crippen molar-refractivity contribution in [3.8, 4) is 11.4 Å². The van der Waals surface area contributed by atoms with E-state index in [1.807, 2.05) is 47.1 Å². The maximum Gasteiger partial charge on any atom is 0.183 e. The molecule has 7 heteroatoms. The lowest BCUT2D eigenvalue weighted by Gasteiger charge is -2.22. The zero-order valence-corrected chi connectivity index (χ0v) is 18.6. The zero-order chi connectivity index (χ0) is 21.1. The topological polar surface area (TPSA) is 64.9 Å². The van der Waals surface area contributed by atoms with Crippen molar-refractivity contribution in [1.82, 2.24) is 20.2 Å². The van der Waals surface area contributed by atoms with E-state index in [1.54, 1.807) is 7.11 Å². The van der Waals surface area contributed by atoms with E-state index >= 15 is 0 Å². The number of hydrogen-bond donors (Lipinski definition) is 1. The molecule has 4 rings (SSSR count). The Balaban J connectivity index is 1.86. The molecule has 0 fully saturated rings. The molecule has 4 aromatic rings. The molecule has 0 unspecified atom stereocenters. The standard InChI is InChI=1S/C23H22BrN5O/c1-15-7-6-8-16(2)22(15)29-23(26-27-28-29)21(17-11-13-18(24)14-12-17)25-19-9-4-5-10-20(19)30-3/h4-14,21,25H,1-3H3/t21-/m0/s1. The predicted molar refractivity (Wildman–Crippen MR) is 121 cm³/mol. The van der Waals surface area contributed by atoms with Crippen molar-refractivity contribution in [3.05, 3.63) is 93.7 Å². The normalized spacial score (nSPS) is 11.9. The van der Waals surface area contributed by atoms with Crippen LogP contribution >= 0.6 is 15.9 Å². The van der Waals surface area contributed by atoms with Gasteiger partial charge in [0.15, 0.2) is 5.82 Å². The lowest BCUT2D eigenvalue weighted by atomic mass is 10.0. The molecular weight excluding hydrogens is 442 g/mol. The summed E-state index contributed by atoms with van der Waals surface area (Å²) in [6, 6.07) is 21.8. The molecule has 0 spiro atoms. The summed E-state index contributed by atoms with van der Waals surface area (Å²) >= 11 is 3.52. The van der Waals surface area contributed by atoms with Crippen LogP contribution in [-0.4, -0.2) is 27.3 Å². The van der Waals surface area contributed by atoms with Crippen LogP contribution in [0.2, 0.25) is 0 Å². The number of para-hydroxylation sites is 3. The van der Waals surface area contributed by atoms with Gasteiger partial charge in [0.1, 0.15) is 11.8 Å². The highest BCUT2D eigenvalue weighted by Gasteiger charge is 2.24. The van der Waals surface area contributed by atoms with Gasteiger partial charge in [0, 0.05) is 4.47 Å². The number of methoxy groups -OCH3 is 1. The van der Waals surface area contributed by atoms with Crippen LogP contribution in [-0.2, 0) is 0 Å². The summed E-state index contributed by atoms with van der Waals surface area (Å²) in [5.74, 6) is 1.45. The third kappa shape index (κ3) is 3.93. The van der Waals surface area contributed by atoms with E-state index in [1.165, 1.54) is 0 Å². The van der Waals surface area contributed by atoms with E-state index in [9.17, 15) is 0 Å². The summed E-state index contributed by atoms with van der Waals surface area (Å²) in [7, 11) is 1.66. The van der Waals surface area contributed by atoms with E-state index in [0.717, 1.165) is 38.3 Å². The lowest BCUT2D eigenvalue weighted by Crippen LogP contribution is -2.19. The van der Waals surface area contributed by atoms with Crippen LogP contribution in [0.1, 0.15) is 28.6 Å². The fraction of sp³-hybridized carbons (Fsp3) is 0.174. The molecule has 1 atom stereocenters. The number of benzene rings is 3. The largest absolute Gasteiger partial charge is 0.495 e. The molecule has 0 saturated heterocycles. The van der Waals surface area contributed by atoms with E-state index in [2.05, 4.69) is 74.9 Å². The first-order valence-electron chi connectivity index (χ1n) is 9.58. The fourth-order valence-corrected chi connectivity index (χ4v) is 3.81. The van der Waals surface area contributed by atoms with Crippen LogP contribution in [0, 0.1) is 13.8 Å². The number of halogens is 1. The van der Waals surface area contributed by atoms with Gasteiger partial charge in [-0.3, -0.25) is 0 Å². The summed E-state index contributed by atoms with van der Waals surface area (Å²) in [6.07, 6.45) is 0. The Morgan fingerprint density at radius 3 is 2.33 bits per heavy atom. The first-order chi connectivity index (χ1) is 14.6. The molecule has 1 N–H and O–H groups in total. The molecule has 0 radical (unpaired) electrons. The number of nitrogens with one attached hydrogen (secondary N) is 1. The third-order valence-electron chi connectivity index (χ3n) is 5.01. The number of ether oxygens (including phenoxy) is 1. The third-order valence-corrected chi connectivity index (χ3v) is 5.54. The molecular formula is C23H22BrN5O. The quantitative estimate of drug-likeness (QED) is 0.422. The van der Waals surface area contributed by atoms with Crippen molar-refractivity contribution in [1.29, 1.82) is 0 Å². The Morgan fingerprint density at radius 1 is 0.933 bits per heavy atom. The summed E-state index contributed by atoms with van der Waals surface area (Å²) in [5.41, 5.74) is 5.10. The van der Waals surface area contributed by atoms with Crippen molar-refractivity contribution in [2.24, 2.45) is 0 Å². The van der Waals surface area contributed by atoms with Crippen molar-refractivity contribution in [3.63, 3.8) is 0 Å². The molecule has 0 aliphatic carbocycles. The van der Waals surface area contributed by atoms with Crippen LogP contribution in [0.3, 0.4) is 0 Å². The first kappa shape index (κ1) is 20.1. The Hall–Kier alpha value is -3.19. The Bertz CT molecular complexity index is 1140. The van der Waals surface area contributed by atoms with Gasteiger partial charge in [0.25, 0.3) is 0 Å². The van der Waals surface area contributed by atoms with Crippen LogP contribution in [0.5, 0.6) is 5.75 Å². The second-order valence-electron chi connectivity index (χ2n) is 7.02. The van der Waals surface area contributed by atoms with E-state index in [-0.39, 0.29) is 6.04 Å². The van der Waals surface area contributed by atoms with Crippen molar-refractivity contribution in [2.45, 2.75) is 19.9 Å². The first-order valence-corrected chi connectivity index (χ1v) is 10.4. The number of tetrazole rings is 1. The number of hydrogen-bond acceptors (Lipinski definition) is 5. The minimum atomic E-state index is -0.289. The van der Waals surface area contributed by atoms with E-state index in [0.29, 0.717) is 5.82 Å². The van der Waals surface area contributed by atoms with Gasteiger partial charge < -0.3 is 10.1 Å². The van der Waals surface area contributed by atoms with Crippen LogP contribution in [0.15, 0.2) is 71.2 Å². The number of nitrogens with zero attached hydrogens (tertiary/aromatic N) is 4. The van der Waals surface area contributed by atoms with Gasteiger partial charge in [-0.1, -0.05) is 58.4 Å². The van der Waals surface area contributed by atoms with Gasteiger partial charge in [-0.15, -0.1) is 5.10 Å². The molecule has 0 aliphatic rings. The molecule has 0 bridgehead atoms. The molecule has 0 aliphatic heterocycles. The Kier molecular flexibility index (Phi) is 5.81. The molecule has 0 saturated carbocycles. The smallest absolute Gasteiger partial charge is 0.183 e. The molecule has 3 aromatic carbocycles. The van der Waals surface area contributed by atoms with E-state index in [4.69, 9.17) is 4.74 Å². The van der Waals surface area contributed by atoms with Crippen LogP contribution in [0.4, 0.5) is 5.69 Å². The van der Waals surface area contributed by atoms with Crippen molar-refractivity contribution in [2.75, 3.05) is 12.4 Å². The Morgan fingerprint density at radius 2 is 1.63 bits per heavy atom. The molecule has 152 valence electrons. The highest BCUT2D eigenvalue weighted by molar-refractivity contribution is 9.10. The minimum absolute atomic E-state index is 0.289. The highest BCUT2D eigenvalue weighted by atomic mass is 79.9. The van der Waals surface area contributed by atoms with Crippen LogP contribution < -0.4 is 10.1 Å². The lowest BCUT2D eigenvalue weighted by molar-refractivity contribution is 0.416. The van der Waals surface area contributed by atoms with Gasteiger partial charge in [-0.25, -0.2) is 0 Å². The van der Waals surface area contributed by atoms with Gasteiger partial charge in [0.05, 0.1) is 18.5 Å². The average molecular weight is 464 g/mol. The number of anilines is 1. The second kappa shape index (κ2) is 8.67. The predicted octanol–water partition coefficient (Wildman–Crippen LogP) is 5.25. The average Bonchev–Trinajstić information content (AvgIpc) is 3.22. The van der Waals surface area contributed by atoms with Gasteiger partial charge in [-0.2, -0.15) is 4.68 Å². The second-order valence-corrected chi connectivity index (χ2v) is 7.93. The number of aryl methyl sites for hydroxylation is 2. The van der Waals surface area contributed by atoms with E-state index < -0.39 is 0 Å². The Labute approximate surface area is 184 Å². The van der Waals surface area contributed by atoms with Crippen LogP contribution in [0.25, 0.3) is 5.69 Å². The van der Waals surface area contributed by atoms with Gasteiger partial charge >= 0.3 is 0 Å². The van der Waals surface area contributed by atoms with Crippen molar-refractivity contribution >= 4 is 21.6 Å². The zero-order valence-electron chi connectivity index (χ0n) is 17.0. The summed E-state index contributed by atoms with van der Waals surface area (Å²) in [5, 5.41) is 16.3. The molecule has 6 nitrogen and oxygen atoms in total. The molecule has 1 heterocycles. The maximum absolute atomic E-state index is 5.54. The summed E-state index contributed by atoms with van der Waals surface area (Å²) in [6.45, 7) is 4.13. The van der Waals surface area contributed by atoms with Gasteiger partial charge in [-0.05, 0) is 65.2 Å². The highest BCUT2D eigenvalue weighted by Crippen LogP contribution is 2.32. The molecule has 1 aromatic heterocycles. The SMILES string of the molecule is COc1ccccc1N[C@@H](c1ccc(Br)cc1)c1nnnn1-c1c(C)cccc1C. The molecule has 30 heavy (non-hydrogen) atoms. The summed E-state index contributed by atoms with van der Waals surface area (Å²) < 4.78 is 8.37. The maximum atomic E-state index is 5.54. The fourth-order valence-electron chi connectivity index (χ4n) is 3.54.